The first kappa shape index (κ1) is 20.0. The summed E-state index contributed by atoms with van der Waals surface area (Å²) < 4.78 is 14.5. The molecule has 0 N–H and O–H groups in total. The second-order valence-electron chi connectivity index (χ2n) is 6.30. The van der Waals surface area contributed by atoms with Crippen LogP contribution in [0.2, 0.25) is 0 Å². The van der Waals surface area contributed by atoms with Crippen LogP contribution in [-0.2, 0) is 7.05 Å². The molecule has 0 aliphatic rings. The van der Waals surface area contributed by atoms with Gasteiger partial charge in [0.15, 0.2) is 17.2 Å². The van der Waals surface area contributed by atoms with Crippen LogP contribution in [0.5, 0.6) is 11.5 Å². The van der Waals surface area contributed by atoms with Crippen molar-refractivity contribution in [2.24, 2.45) is 12.0 Å². The Balaban J connectivity index is 1.95. The standard InChI is InChI=1S/C23H23N3O3/c1-5-14-29-20-13-12-18(15-21(20)28-6-2)16-24-22-17(3)25(4)26(23(22)27)19-10-8-7-9-11-19/h1,7-13,15-16H,6,14H2,2-4H3. The van der Waals surface area contributed by atoms with Crippen molar-refractivity contribution >= 4 is 11.9 Å². The van der Waals surface area contributed by atoms with Crippen molar-refractivity contribution in [1.82, 2.24) is 9.36 Å². The molecule has 0 saturated carbocycles. The van der Waals surface area contributed by atoms with E-state index in [1.54, 1.807) is 21.6 Å². The second-order valence-corrected chi connectivity index (χ2v) is 6.30. The summed E-state index contributed by atoms with van der Waals surface area (Å²) in [7, 11) is 1.84. The topological polar surface area (TPSA) is 57.8 Å². The summed E-state index contributed by atoms with van der Waals surface area (Å²) in [5, 5.41) is 0. The maximum atomic E-state index is 12.9. The van der Waals surface area contributed by atoms with Crippen LogP contribution in [-0.4, -0.2) is 28.8 Å². The average molecular weight is 389 g/mol. The highest BCUT2D eigenvalue weighted by Crippen LogP contribution is 2.28. The Morgan fingerprint density at radius 3 is 2.59 bits per heavy atom. The molecule has 0 atom stereocenters. The maximum Gasteiger partial charge on any atom is 0.297 e. The van der Waals surface area contributed by atoms with Gasteiger partial charge in [0.1, 0.15) is 6.61 Å². The third-order valence-corrected chi connectivity index (χ3v) is 4.45. The van der Waals surface area contributed by atoms with E-state index in [0.29, 0.717) is 23.8 Å². The number of hydrogen-bond acceptors (Lipinski definition) is 4. The van der Waals surface area contributed by atoms with Crippen molar-refractivity contribution in [3.05, 3.63) is 70.1 Å². The second kappa shape index (κ2) is 8.98. The summed E-state index contributed by atoms with van der Waals surface area (Å²) in [5.74, 6) is 3.59. The molecule has 3 rings (SSSR count). The van der Waals surface area contributed by atoms with Crippen LogP contribution in [0.3, 0.4) is 0 Å². The fourth-order valence-electron chi connectivity index (χ4n) is 2.95. The van der Waals surface area contributed by atoms with Gasteiger partial charge in [-0.1, -0.05) is 24.1 Å². The lowest BCUT2D eigenvalue weighted by atomic mass is 10.2. The fourth-order valence-corrected chi connectivity index (χ4v) is 2.95. The van der Waals surface area contributed by atoms with Gasteiger partial charge in [-0.25, -0.2) is 9.67 Å². The van der Waals surface area contributed by atoms with E-state index >= 15 is 0 Å². The molecule has 0 bridgehead atoms. The van der Waals surface area contributed by atoms with Gasteiger partial charge in [0.2, 0.25) is 0 Å². The van der Waals surface area contributed by atoms with Gasteiger partial charge in [0, 0.05) is 13.3 Å². The number of para-hydroxylation sites is 1. The van der Waals surface area contributed by atoms with Crippen LogP contribution in [0.4, 0.5) is 5.69 Å². The molecule has 1 heterocycles. The molecular formula is C23H23N3O3. The summed E-state index contributed by atoms with van der Waals surface area (Å²) in [6.07, 6.45) is 6.90. The maximum absolute atomic E-state index is 12.9. The first-order valence-electron chi connectivity index (χ1n) is 9.28. The highest BCUT2D eigenvalue weighted by Gasteiger charge is 2.15. The minimum Gasteiger partial charge on any atom is -0.490 e. The van der Waals surface area contributed by atoms with Crippen molar-refractivity contribution in [3.8, 4) is 29.5 Å². The summed E-state index contributed by atoms with van der Waals surface area (Å²) in [5.41, 5.74) is 2.57. The number of aromatic nitrogens is 2. The number of aliphatic imine (C=N–C) groups is 1. The van der Waals surface area contributed by atoms with Gasteiger partial charge < -0.3 is 9.47 Å². The number of hydrogen-bond donors (Lipinski definition) is 0. The first-order chi connectivity index (χ1) is 14.1. The summed E-state index contributed by atoms with van der Waals surface area (Å²) in [4.78, 5) is 17.4. The molecule has 6 nitrogen and oxygen atoms in total. The minimum atomic E-state index is -0.175. The fraction of sp³-hybridized carbons (Fsp3) is 0.217. The van der Waals surface area contributed by atoms with Crippen LogP contribution in [0.15, 0.2) is 58.3 Å². The Labute approximate surface area is 170 Å². The molecule has 0 saturated heterocycles. The van der Waals surface area contributed by atoms with Crippen LogP contribution in [0.25, 0.3) is 5.69 Å². The van der Waals surface area contributed by atoms with Gasteiger partial charge >= 0.3 is 0 Å². The third kappa shape index (κ3) is 4.25. The van der Waals surface area contributed by atoms with E-state index in [2.05, 4.69) is 10.9 Å². The summed E-state index contributed by atoms with van der Waals surface area (Å²) >= 11 is 0. The van der Waals surface area contributed by atoms with E-state index in [9.17, 15) is 4.79 Å². The monoisotopic (exact) mass is 389 g/mol. The highest BCUT2D eigenvalue weighted by atomic mass is 16.5. The molecule has 1 aromatic heterocycles. The van der Waals surface area contributed by atoms with Gasteiger partial charge in [-0.3, -0.25) is 9.48 Å². The average Bonchev–Trinajstić information content (AvgIpc) is 2.95. The van der Waals surface area contributed by atoms with Gasteiger partial charge in [0.25, 0.3) is 5.56 Å². The molecular weight excluding hydrogens is 366 g/mol. The molecule has 3 aromatic rings. The van der Waals surface area contributed by atoms with Crippen LogP contribution in [0, 0.1) is 19.3 Å². The minimum absolute atomic E-state index is 0.162. The van der Waals surface area contributed by atoms with Gasteiger partial charge in [-0.2, -0.15) is 0 Å². The SMILES string of the molecule is C#CCOc1ccc(C=Nc2c(C)n(C)n(-c3ccccc3)c2=O)cc1OCC. The Hall–Kier alpha value is -3.72. The van der Waals surface area contributed by atoms with Crippen LogP contribution in [0.1, 0.15) is 18.2 Å². The molecule has 2 aromatic carbocycles. The zero-order valence-electron chi connectivity index (χ0n) is 16.8. The van der Waals surface area contributed by atoms with E-state index in [1.165, 1.54) is 0 Å². The number of ether oxygens (including phenoxy) is 2. The first-order valence-corrected chi connectivity index (χ1v) is 9.28. The Bertz CT molecular complexity index is 1120. The van der Waals surface area contributed by atoms with E-state index < -0.39 is 0 Å². The Morgan fingerprint density at radius 1 is 1.14 bits per heavy atom. The van der Waals surface area contributed by atoms with Crippen molar-refractivity contribution < 1.29 is 9.47 Å². The van der Waals surface area contributed by atoms with Crippen molar-refractivity contribution in [2.75, 3.05) is 13.2 Å². The van der Waals surface area contributed by atoms with E-state index in [-0.39, 0.29) is 12.2 Å². The molecule has 0 aliphatic heterocycles. The van der Waals surface area contributed by atoms with Gasteiger partial charge in [-0.05, 0) is 49.7 Å². The van der Waals surface area contributed by atoms with Gasteiger partial charge in [0.05, 0.1) is 18.0 Å². The Morgan fingerprint density at radius 2 is 1.90 bits per heavy atom. The molecule has 6 heteroatoms. The third-order valence-electron chi connectivity index (χ3n) is 4.45. The number of benzene rings is 2. The normalized spacial score (nSPS) is 10.8. The molecule has 0 spiro atoms. The molecule has 0 aliphatic carbocycles. The predicted molar refractivity (Wildman–Crippen MR) is 115 cm³/mol. The molecule has 148 valence electrons. The molecule has 0 unspecified atom stereocenters. The van der Waals surface area contributed by atoms with E-state index in [0.717, 1.165) is 16.9 Å². The molecule has 0 radical (unpaired) electrons. The van der Waals surface area contributed by atoms with Crippen molar-refractivity contribution in [3.63, 3.8) is 0 Å². The van der Waals surface area contributed by atoms with Crippen LogP contribution < -0.4 is 15.0 Å². The number of nitrogens with zero attached hydrogens (tertiary/aromatic N) is 3. The quantitative estimate of drug-likeness (QED) is 0.458. The van der Waals surface area contributed by atoms with Crippen molar-refractivity contribution in [2.45, 2.75) is 13.8 Å². The zero-order valence-corrected chi connectivity index (χ0v) is 16.8. The van der Waals surface area contributed by atoms with Crippen LogP contribution >= 0.6 is 0 Å². The lowest BCUT2D eigenvalue weighted by molar-refractivity contribution is 0.299. The number of terminal acetylenes is 1. The lowest BCUT2D eigenvalue weighted by Crippen LogP contribution is -2.19. The number of rotatable bonds is 7. The van der Waals surface area contributed by atoms with Gasteiger partial charge in [-0.15, -0.1) is 6.42 Å². The Kier molecular flexibility index (Phi) is 6.20. The summed E-state index contributed by atoms with van der Waals surface area (Å²) in [6.45, 7) is 4.42. The lowest BCUT2D eigenvalue weighted by Gasteiger charge is -2.10. The molecule has 0 amide bonds. The predicted octanol–water partition coefficient (Wildman–Crippen LogP) is 3.65. The zero-order chi connectivity index (χ0) is 20.8. The summed E-state index contributed by atoms with van der Waals surface area (Å²) in [6, 6.07) is 14.9. The smallest absolute Gasteiger partial charge is 0.297 e. The van der Waals surface area contributed by atoms with E-state index in [4.69, 9.17) is 15.9 Å². The van der Waals surface area contributed by atoms with Crippen molar-refractivity contribution in [1.29, 1.82) is 0 Å². The molecule has 0 fully saturated rings. The van der Waals surface area contributed by atoms with E-state index in [1.807, 2.05) is 63.4 Å². The highest BCUT2D eigenvalue weighted by molar-refractivity contribution is 5.83. The molecule has 29 heavy (non-hydrogen) atoms. The largest absolute Gasteiger partial charge is 0.490 e.